The van der Waals surface area contributed by atoms with Crippen molar-refractivity contribution in [1.82, 2.24) is 0 Å². The minimum absolute atomic E-state index is 0.227. The molecular formula is C51H95O8P. The molecule has 60 heavy (non-hydrogen) atoms. The first-order valence-electron chi connectivity index (χ1n) is 25.2. The highest BCUT2D eigenvalue weighted by atomic mass is 31.2. The fraction of sp³-hybridized carbons (Fsp3) is 0.843. The molecule has 2 unspecified atom stereocenters. The lowest BCUT2D eigenvalue weighted by molar-refractivity contribution is -0.161. The molecule has 0 saturated carbocycles. The number of rotatable bonds is 47. The van der Waals surface area contributed by atoms with E-state index in [2.05, 4.69) is 54.8 Å². The van der Waals surface area contributed by atoms with Crippen LogP contribution >= 0.6 is 7.82 Å². The Morgan fingerprint density at radius 2 is 0.800 bits per heavy atom. The van der Waals surface area contributed by atoms with Gasteiger partial charge in [0.25, 0.3) is 0 Å². The third-order valence-corrected chi connectivity index (χ3v) is 12.0. The van der Waals surface area contributed by atoms with E-state index in [0.29, 0.717) is 12.8 Å². The lowest BCUT2D eigenvalue weighted by atomic mass is 10.0. The van der Waals surface area contributed by atoms with Gasteiger partial charge in [0.15, 0.2) is 6.10 Å². The van der Waals surface area contributed by atoms with E-state index in [1.165, 1.54) is 167 Å². The van der Waals surface area contributed by atoms with Crippen molar-refractivity contribution in [2.45, 2.75) is 258 Å². The van der Waals surface area contributed by atoms with E-state index in [9.17, 15) is 19.0 Å². The molecule has 0 aromatic rings. The fourth-order valence-electron chi connectivity index (χ4n) is 7.21. The Balaban J connectivity index is 3.89. The van der Waals surface area contributed by atoms with Crippen LogP contribution in [0.4, 0.5) is 0 Å². The van der Waals surface area contributed by atoms with Gasteiger partial charge in [-0.2, -0.15) is 0 Å². The number of hydrogen-bond acceptors (Lipinski definition) is 7. The second-order valence-electron chi connectivity index (χ2n) is 16.9. The molecule has 0 rings (SSSR count). The minimum atomic E-state index is -4.27. The van der Waals surface area contributed by atoms with Gasteiger partial charge in [0, 0.05) is 20.0 Å². The van der Waals surface area contributed by atoms with Crippen LogP contribution in [0.2, 0.25) is 0 Å². The second kappa shape index (κ2) is 46.8. The predicted molar refractivity (Wildman–Crippen MR) is 253 cm³/mol. The standard InChI is InChI=1S/C51H95O8P/c1-4-6-8-10-12-14-16-18-20-22-24-25-26-27-28-30-31-33-35-37-39-41-43-45-50(52)57-47-49(48-58-60(54,55)56-3)59-51(53)46-44-42-40-38-36-34-32-29-23-21-19-17-15-13-11-9-7-5-2/h15,17,21-24,49H,4-14,16,18-20,25-48H2,1-3H3,(H,54,55)/b17-15-,23-21-,24-22-. The van der Waals surface area contributed by atoms with Crippen LogP contribution in [0.3, 0.4) is 0 Å². The Hall–Kier alpha value is -1.73. The molecule has 0 fully saturated rings. The lowest BCUT2D eigenvalue weighted by Gasteiger charge is -2.19. The van der Waals surface area contributed by atoms with Crippen molar-refractivity contribution in [2.75, 3.05) is 20.3 Å². The molecule has 0 heterocycles. The van der Waals surface area contributed by atoms with Gasteiger partial charge in [-0.15, -0.1) is 0 Å². The molecule has 352 valence electrons. The Kier molecular flexibility index (Phi) is 45.4. The summed E-state index contributed by atoms with van der Waals surface area (Å²) < 4.78 is 32.1. The highest BCUT2D eigenvalue weighted by Crippen LogP contribution is 2.42. The van der Waals surface area contributed by atoms with Crippen LogP contribution in [0, 0.1) is 0 Å². The maximum Gasteiger partial charge on any atom is 0.472 e. The van der Waals surface area contributed by atoms with Gasteiger partial charge >= 0.3 is 19.8 Å². The molecule has 0 spiro atoms. The summed E-state index contributed by atoms with van der Waals surface area (Å²) in [6.07, 6.45) is 56.3. The number of carbonyl (C=O) groups excluding carboxylic acids is 2. The van der Waals surface area contributed by atoms with Crippen LogP contribution in [0.1, 0.15) is 251 Å². The first kappa shape index (κ1) is 58.3. The smallest absolute Gasteiger partial charge is 0.462 e. The number of unbranched alkanes of at least 4 members (excludes halogenated alkanes) is 30. The van der Waals surface area contributed by atoms with E-state index in [0.717, 1.165) is 58.5 Å². The lowest BCUT2D eigenvalue weighted by Crippen LogP contribution is -2.29. The van der Waals surface area contributed by atoms with E-state index in [-0.39, 0.29) is 19.0 Å². The molecule has 1 N–H and O–H groups in total. The van der Waals surface area contributed by atoms with Crippen molar-refractivity contribution in [3.8, 4) is 0 Å². The third-order valence-electron chi connectivity index (χ3n) is 11.1. The van der Waals surface area contributed by atoms with Crippen LogP contribution in [-0.4, -0.2) is 43.3 Å². The van der Waals surface area contributed by atoms with E-state index in [1.54, 1.807) is 0 Å². The van der Waals surface area contributed by atoms with Crippen molar-refractivity contribution in [3.05, 3.63) is 36.5 Å². The molecule has 0 bridgehead atoms. The molecule has 8 nitrogen and oxygen atoms in total. The van der Waals surface area contributed by atoms with Gasteiger partial charge in [-0.1, -0.05) is 204 Å². The topological polar surface area (TPSA) is 108 Å². The van der Waals surface area contributed by atoms with Gasteiger partial charge in [-0.3, -0.25) is 18.6 Å². The quantitative estimate of drug-likeness (QED) is 0.0279. The number of carbonyl (C=O) groups is 2. The fourth-order valence-corrected chi connectivity index (χ4v) is 7.67. The van der Waals surface area contributed by atoms with Crippen molar-refractivity contribution in [2.24, 2.45) is 0 Å². The van der Waals surface area contributed by atoms with Crippen molar-refractivity contribution in [1.29, 1.82) is 0 Å². The Morgan fingerprint density at radius 3 is 1.20 bits per heavy atom. The summed E-state index contributed by atoms with van der Waals surface area (Å²) in [7, 11) is -3.20. The number of phosphoric ester groups is 1. The van der Waals surface area contributed by atoms with Crippen LogP contribution in [-0.2, 0) is 32.7 Å². The zero-order valence-electron chi connectivity index (χ0n) is 39.4. The Labute approximate surface area is 370 Å². The maximum atomic E-state index is 12.6. The summed E-state index contributed by atoms with van der Waals surface area (Å²) in [6, 6.07) is 0. The van der Waals surface area contributed by atoms with Crippen molar-refractivity contribution < 1.29 is 37.6 Å². The Morgan fingerprint density at radius 1 is 0.467 bits per heavy atom. The molecule has 0 saturated heterocycles. The average molecular weight is 867 g/mol. The monoisotopic (exact) mass is 867 g/mol. The highest BCUT2D eigenvalue weighted by Gasteiger charge is 2.24. The summed E-state index contributed by atoms with van der Waals surface area (Å²) in [5, 5.41) is 0. The molecular weight excluding hydrogens is 772 g/mol. The number of hydrogen-bond donors (Lipinski definition) is 1. The maximum absolute atomic E-state index is 12.6. The predicted octanol–water partition coefficient (Wildman–Crippen LogP) is 16.3. The zero-order valence-corrected chi connectivity index (χ0v) is 40.3. The van der Waals surface area contributed by atoms with E-state index in [1.807, 2.05) is 0 Å². The summed E-state index contributed by atoms with van der Waals surface area (Å²) in [5.74, 6) is -0.805. The summed E-state index contributed by atoms with van der Waals surface area (Å²) in [4.78, 5) is 34.6. The summed E-state index contributed by atoms with van der Waals surface area (Å²) in [6.45, 7) is 3.90. The van der Waals surface area contributed by atoms with Crippen molar-refractivity contribution >= 4 is 19.8 Å². The van der Waals surface area contributed by atoms with Gasteiger partial charge in [0.2, 0.25) is 0 Å². The molecule has 0 aliphatic carbocycles. The average Bonchev–Trinajstić information content (AvgIpc) is 3.24. The molecule has 9 heteroatoms. The van der Waals surface area contributed by atoms with Gasteiger partial charge in [-0.25, -0.2) is 4.57 Å². The van der Waals surface area contributed by atoms with E-state index in [4.69, 9.17) is 14.0 Å². The van der Waals surface area contributed by atoms with Crippen LogP contribution in [0.5, 0.6) is 0 Å². The molecule has 0 aliphatic heterocycles. The second-order valence-corrected chi connectivity index (χ2v) is 18.5. The minimum Gasteiger partial charge on any atom is -0.462 e. The SMILES string of the molecule is CCCCCC/C=C\C/C=C\CCCCCCCCCC(=O)OC(COC(=O)CCCCCCCCCCCCC/C=C\CCCCCCCCCC)COP(=O)(O)OC. The van der Waals surface area contributed by atoms with Crippen molar-refractivity contribution in [3.63, 3.8) is 0 Å². The molecule has 0 aromatic heterocycles. The Bertz CT molecular complexity index is 1070. The molecule has 0 aliphatic rings. The van der Waals surface area contributed by atoms with Crippen LogP contribution in [0.25, 0.3) is 0 Å². The zero-order chi connectivity index (χ0) is 43.9. The first-order valence-corrected chi connectivity index (χ1v) is 26.7. The van der Waals surface area contributed by atoms with E-state index >= 15 is 0 Å². The van der Waals surface area contributed by atoms with Gasteiger partial charge in [0.05, 0.1) is 6.61 Å². The van der Waals surface area contributed by atoms with Crippen LogP contribution < -0.4 is 0 Å². The highest BCUT2D eigenvalue weighted by molar-refractivity contribution is 7.47. The van der Waals surface area contributed by atoms with Gasteiger partial charge in [0.1, 0.15) is 6.61 Å². The van der Waals surface area contributed by atoms with Gasteiger partial charge in [-0.05, 0) is 70.6 Å². The number of ether oxygens (including phenoxy) is 2. The number of phosphoric acid groups is 1. The molecule has 0 radical (unpaired) electrons. The first-order chi connectivity index (χ1) is 29.3. The third kappa shape index (κ3) is 45.8. The molecule has 2 atom stereocenters. The summed E-state index contributed by atoms with van der Waals surface area (Å²) >= 11 is 0. The number of esters is 2. The van der Waals surface area contributed by atoms with Gasteiger partial charge < -0.3 is 14.4 Å². The molecule has 0 aromatic carbocycles. The normalized spacial score (nSPS) is 13.5. The summed E-state index contributed by atoms with van der Waals surface area (Å²) in [5.41, 5.74) is 0. The molecule has 0 amide bonds. The van der Waals surface area contributed by atoms with Crippen LogP contribution in [0.15, 0.2) is 36.5 Å². The largest absolute Gasteiger partial charge is 0.472 e. The number of allylic oxidation sites excluding steroid dienone is 6. The van der Waals surface area contributed by atoms with E-state index < -0.39 is 26.5 Å².